The lowest BCUT2D eigenvalue weighted by molar-refractivity contribution is -0.126. The number of hydrogen-bond acceptors (Lipinski definition) is 4. The van der Waals surface area contributed by atoms with E-state index in [1.807, 2.05) is 18.0 Å². The molecule has 2 aliphatic carbocycles. The summed E-state index contributed by atoms with van der Waals surface area (Å²) in [6.07, 6.45) is 13.6. The van der Waals surface area contributed by atoms with Crippen LogP contribution in [0.3, 0.4) is 0 Å². The number of carbonyl (C=O) groups is 1. The molecule has 2 aliphatic heterocycles. The van der Waals surface area contributed by atoms with Crippen molar-refractivity contribution in [1.82, 2.24) is 5.32 Å². The number of rotatable bonds is 2. The third-order valence-electron chi connectivity index (χ3n) is 5.78. The summed E-state index contributed by atoms with van der Waals surface area (Å²) in [7, 11) is 0. The summed E-state index contributed by atoms with van der Waals surface area (Å²) in [6.45, 7) is 0. The lowest BCUT2D eigenvalue weighted by Gasteiger charge is -2.39. The number of aliphatic hydroxyl groups is 1. The summed E-state index contributed by atoms with van der Waals surface area (Å²) in [5.41, 5.74) is 1.24. The molecule has 0 bridgehead atoms. The number of thioether (sulfide) groups is 1. The molecule has 4 rings (SSSR count). The van der Waals surface area contributed by atoms with Crippen LogP contribution in [0.4, 0.5) is 0 Å². The smallest absolute Gasteiger partial charge is 0.224 e. The van der Waals surface area contributed by atoms with Gasteiger partial charge in [-0.2, -0.15) is 0 Å². The molecule has 1 unspecified atom stereocenters. The maximum atomic E-state index is 12.8. The van der Waals surface area contributed by atoms with Gasteiger partial charge in [-0.3, -0.25) is 9.79 Å². The zero-order valence-electron chi connectivity index (χ0n) is 13.3. The number of hydrogen-bond donors (Lipinski definition) is 2. The van der Waals surface area contributed by atoms with Gasteiger partial charge in [0.25, 0.3) is 0 Å². The van der Waals surface area contributed by atoms with Crippen molar-refractivity contribution in [2.45, 2.75) is 55.4 Å². The average molecular weight is 332 g/mol. The van der Waals surface area contributed by atoms with Crippen LogP contribution in [-0.4, -0.2) is 39.4 Å². The molecule has 5 heteroatoms. The predicted octanol–water partition coefficient (Wildman–Crippen LogP) is 2.44. The van der Waals surface area contributed by atoms with E-state index in [0.29, 0.717) is 0 Å². The fourth-order valence-corrected chi connectivity index (χ4v) is 6.21. The van der Waals surface area contributed by atoms with Crippen molar-refractivity contribution in [2.75, 3.05) is 5.75 Å². The topological polar surface area (TPSA) is 61.7 Å². The minimum atomic E-state index is -0.178. The Morgan fingerprint density at radius 2 is 2.13 bits per heavy atom. The molecule has 3 atom stereocenters. The molecule has 1 amide bonds. The van der Waals surface area contributed by atoms with Gasteiger partial charge in [0.1, 0.15) is 0 Å². The summed E-state index contributed by atoms with van der Waals surface area (Å²) in [6, 6.07) is 0.236. The molecule has 0 aromatic heterocycles. The molecular weight excluding hydrogens is 308 g/mol. The molecule has 0 radical (unpaired) electrons. The summed E-state index contributed by atoms with van der Waals surface area (Å²) >= 11 is 1.92. The van der Waals surface area contributed by atoms with Gasteiger partial charge in [-0.05, 0) is 32.1 Å². The molecule has 4 nitrogen and oxygen atoms in total. The van der Waals surface area contributed by atoms with E-state index in [0.717, 1.165) is 44.3 Å². The Hall–Kier alpha value is -1.07. The van der Waals surface area contributed by atoms with Crippen LogP contribution in [0, 0.1) is 11.8 Å². The standard InChI is InChI=1S/C18H24N2O2S/c21-13-6-4-12(5-7-13)20-17(22)14-11-23-18-9-2-1-3-16(18)19-10-8-15(14)18/h1-2,8,10,12-15,21H,3-7,9,11H2,(H,20,22)/t12?,13?,14?,15-,18+/m0/s1. The highest BCUT2D eigenvalue weighted by Gasteiger charge is 2.54. The molecular formula is C18H24N2O2S. The average Bonchev–Trinajstić information content (AvgIpc) is 2.95. The SMILES string of the molecule is O=C(NC1CCC(O)CC1)C1CS[C@@]23CC=CCC2=NC=C[C@@H]13. The van der Waals surface area contributed by atoms with Gasteiger partial charge in [-0.1, -0.05) is 18.2 Å². The van der Waals surface area contributed by atoms with E-state index in [1.165, 1.54) is 5.71 Å². The van der Waals surface area contributed by atoms with E-state index >= 15 is 0 Å². The van der Waals surface area contributed by atoms with Gasteiger partial charge in [-0.15, -0.1) is 11.8 Å². The van der Waals surface area contributed by atoms with E-state index in [4.69, 9.17) is 0 Å². The van der Waals surface area contributed by atoms with Crippen LogP contribution in [0.15, 0.2) is 29.4 Å². The first kappa shape index (κ1) is 15.5. The number of nitrogens with zero attached hydrogens (tertiary/aromatic N) is 1. The summed E-state index contributed by atoms with van der Waals surface area (Å²) in [5.74, 6) is 1.38. The molecule has 4 aliphatic rings. The second-order valence-corrected chi connectivity index (χ2v) is 8.49. The van der Waals surface area contributed by atoms with Crippen molar-refractivity contribution in [3.63, 3.8) is 0 Å². The van der Waals surface area contributed by atoms with E-state index in [1.54, 1.807) is 0 Å². The second kappa shape index (κ2) is 6.10. The van der Waals surface area contributed by atoms with Crippen molar-refractivity contribution in [2.24, 2.45) is 16.8 Å². The number of carbonyl (C=O) groups excluding carboxylic acids is 1. The van der Waals surface area contributed by atoms with Gasteiger partial charge in [-0.25, -0.2) is 0 Å². The fourth-order valence-electron chi connectivity index (χ4n) is 4.42. The number of nitrogens with one attached hydrogen (secondary N) is 1. The van der Waals surface area contributed by atoms with Crippen LogP contribution < -0.4 is 5.32 Å². The molecule has 0 aromatic carbocycles. The van der Waals surface area contributed by atoms with Gasteiger partial charge in [0.05, 0.1) is 16.8 Å². The number of aliphatic hydroxyl groups excluding tert-OH is 1. The van der Waals surface area contributed by atoms with Crippen molar-refractivity contribution < 1.29 is 9.90 Å². The highest BCUT2D eigenvalue weighted by molar-refractivity contribution is 8.01. The normalized spacial score (nSPS) is 41.9. The molecule has 23 heavy (non-hydrogen) atoms. The lowest BCUT2D eigenvalue weighted by Crippen LogP contribution is -2.48. The van der Waals surface area contributed by atoms with E-state index < -0.39 is 0 Å². The Labute approximate surface area is 141 Å². The van der Waals surface area contributed by atoms with Gasteiger partial charge in [0, 0.05) is 36.0 Å². The van der Waals surface area contributed by atoms with Crippen LogP contribution in [-0.2, 0) is 4.79 Å². The van der Waals surface area contributed by atoms with Crippen molar-refractivity contribution in [1.29, 1.82) is 0 Å². The Morgan fingerprint density at radius 1 is 1.30 bits per heavy atom. The zero-order chi connectivity index (χ0) is 15.9. The Morgan fingerprint density at radius 3 is 2.96 bits per heavy atom. The minimum Gasteiger partial charge on any atom is -0.393 e. The maximum absolute atomic E-state index is 12.8. The quantitative estimate of drug-likeness (QED) is 0.764. The van der Waals surface area contributed by atoms with Crippen molar-refractivity contribution in [3.05, 3.63) is 24.4 Å². The molecule has 124 valence electrons. The third kappa shape index (κ3) is 2.68. The van der Waals surface area contributed by atoms with Gasteiger partial charge >= 0.3 is 0 Å². The first-order chi connectivity index (χ1) is 11.2. The fraction of sp³-hybridized carbons (Fsp3) is 0.667. The molecule has 1 saturated heterocycles. The highest BCUT2D eigenvalue weighted by Crippen LogP contribution is 2.53. The second-order valence-electron chi connectivity index (χ2n) is 7.14. The Bertz CT molecular complexity index is 578. The van der Waals surface area contributed by atoms with Crippen LogP contribution >= 0.6 is 11.8 Å². The maximum Gasteiger partial charge on any atom is 0.224 e. The molecule has 2 fully saturated rings. The van der Waals surface area contributed by atoms with Gasteiger partial charge in [0.2, 0.25) is 5.91 Å². The zero-order valence-corrected chi connectivity index (χ0v) is 14.1. The summed E-state index contributed by atoms with van der Waals surface area (Å²) < 4.78 is 0.0221. The number of aliphatic imine (C=N–C) groups is 1. The van der Waals surface area contributed by atoms with Crippen LogP contribution in [0.5, 0.6) is 0 Å². The van der Waals surface area contributed by atoms with Crippen LogP contribution in [0.1, 0.15) is 38.5 Å². The Kier molecular flexibility index (Phi) is 4.10. The number of amides is 1. The summed E-state index contributed by atoms with van der Waals surface area (Å²) in [4.78, 5) is 17.4. The monoisotopic (exact) mass is 332 g/mol. The van der Waals surface area contributed by atoms with Crippen LogP contribution in [0.25, 0.3) is 0 Å². The largest absolute Gasteiger partial charge is 0.393 e. The van der Waals surface area contributed by atoms with Crippen molar-refractivity contribution in [3.8, 4) is 0 Å². The van der Waals surface area contributed by atoms with E-state index in [9.17, 15) is 9.90 Å². The summed E-state index contributed by atoms with van der Waals surface area (Å²) in [5, 5.41) is 12.9. The first-order valence-corrected chi connectivity index (χ1v) is 9.69. The van der Waals surface area contributed by atoms with Crippen LogP contribution in [0.2, 0.25) is 0 Å². The molecule has 2 heterocycles. The Balaban J connectivity index is 1.46. The molecule has 2 N–H and O–H groups in total. The predicted molar refractivity (Wildman–Crippen MR) is 93.5 cm³/mol. The first-order valence-electron chi connectivity index (χ1n) is 8.70. The van der Waals surface area contributed by atoms with E-state index in [-0.39, 0.29) is 34.6 Å². The van der Waals surface area contributed by atoms with Gasteiger partial charge < -0.3 is 10.4 Å². The molecule has 0 aromatic rings. The van der Waals surface area contributed by atoms with Gasteiger partial charge in [0.15, 0.2) is 0 Å². The minimum absolute atomic E-state index is 0.0221. The number of allylic oxidation sites excluding steroid dienone is 3. The highest BCUT2D eigenvalue weighted by atomic mass is 32.2. The third-order valence-corrected chi connectivity index (χ3v) is 7.50. The molecule has 1 spiro atoms. The molecule has 1 saturated carbocycles. The van der Waals surface area contributed by atoms with E-state index in [2.05, 4.69) is 28.5 Å². The van der Waals surface area contributed by atoms with Crippen molar-refractivity contribution >= 4 is 23.4 Å². The lowest BCUT2D eigenvalue weighted by atomic mass is 9.73.